The summed E-state index contributed by atoms with van der Waals surface area (Å²) in [5.74, 6) is -0.0415. The molecule has 1 heterocycles. The molecule has 1 aromatic carbocycles. The second-order valence-electron chi connectivity index (χ2n) is 4.87. The summed E-state index contributed by atoms with van der Waals surface area (Å²) in [5.41, 5.74) is 8.97. The summed E-state index contributed by atoms with van der Waals surface area (Å²) in [6.45, 7) is 2.03. The van der Waals surface area contributed by atoms with E-state index in [4.69, 9.17) is 4.42 Å². The molecule has 22 heavy (non-hydrogen) atoms. The number of carbonyl (C=O) groups excluding carboxylic acids is 1. The number of ketones is 1. The Morgan fingerprint density at radius 1 is 1.23 bits per heavy atom. The summed E-state index contributed by atoms with van der Waals surface area (Å²) in [4.78, 5) is 27.1. The Morgan fingerprint density at radius 2 is 1.95 bits per heavy atom. The first-order chi connectivity index (χ1) is 10.7. The van der Waals surface area contributed by atoms with Gasteiger partial charge in [-0.25, -0.2) is 0 Å². The smallest absolute Gasteiger partial charge is 0.404 e. The highest BCUT2D eigenvalue weighted by Gasteiger charge is 2.27. The Morgan fingerprint density at radius 3 is 2.59 bits per heavy atom. The van der Waals surface area contributed by atoms with Crippen LogP contribution in [-0.2, 0) is 6.42 Å². The van der Waals surface area contributed by atoms with Crippen molar-refractivity contribution in [2.75, 3.05) is 0 Å². The molecule has 0 spiro atoms. The molecule has 0 atom stereocenters. The maximum Gasteiger partial charge on any atom is 0.404 e. The van der Waals surface area contributed by atoms with Gasteiger partial charge in [0.2, 0.25) is 5.76 Å². The maximum absolute atomic E-state index is 12.4. The van der Waals surface area contributed by atoms with Gasteiger partial charge in [-0.3, -0.25) is 9.59 Å². The molecule has 0 N–H and O–H groups in total. The summed E-state index contributed by atoms with van der Waals surface area (Å²) >= 11 is 0. The van der Waals surface area contributed by atoms with Crippen LogP contribution in [0.2, 0.25) is 0 Å². The Bertz CT molecular complexity index is 772. The number of unbranched alkanes of at least 4 members (excludes halogenated alkanes) is 1. The lowest BCUT2D eigenvalue weighted by molar-refractivity contribution is -0.00684. The van der Waals surface area contributed by atoms with E-state index in [9.17, 15) is 15.1 Å². The van der Waals surface area contributed by atoms with Crippen LogP contribution in [0.25, 0.3) is 5.53 Å². The number of nitrogens with zero attached hydrogens (tertiary/aromatic N) is 2. The fourth-order valence-electron chi connectivity index (χ4n) is 2.05. The van der Waals surface area contributed by atoms with E-state index in [1.807, 2.05) is 6.92 Å². The summed E-state index contributed by atoms with van der Waals surface area (Å²) < 4.78 is 5.54. The minimum atomic E-state index is -0.501. The SMILES string of the molecule is CCCCc1cc(=O)cc(C(=[N+]=[N-])C(=O)c2ccccc2)o1. The molecule has 0 saturated heterocycles. The molecule has 0 radical (unpaired) electrons. The molecular formula is C17H16N2O3. The van der Waals surface area contributed by atoms with E-state index < -0.39 is 5.78 Å². The molecule has 0 aliphatic carbocycles. The highest BCUT2D eigenvalue weighted by atomic mass is 16.3. The van der Waals surface area contributed by atoms with Crippen molar-refractivity contribution in [1.82, 2.24) is 0 Å². The third kappa shape index (κ3) is 3.65. The fraction of sp³-hybridized carbons (Fsp3) is 0.235. The highest BCUT2D eigenvalue weighted by Crippen LogP contribution is 2.10. The zero-order valence-corrected chi connectivity index (χ0v) is 12.3. The number of rotatable bonds is 6. The Kier molecular flexibility index (Phi) is 5.17. The van der Waals surface area contributed by atoms with Crippen LogP contribution in [-0.4, -0.2) is 16.3 Å². The van der Waals surface area contributed by atoms with Crippen molar-refractivity contribution in [2.45, 2.75) is 26.2 Å². The number of Topliss-reactive ketones (excluding diaryl/α,β-unsaturated/α-hetero) is 1. The van der Waals surface area contributed by atoms with Gasteiger partial charge in [0, 0.05) is 24.1 Å². The second kappa shape index (κ2) is 7.29. The molecular weight excluding hydrogens is 280 g/mol. The summed E-state index contributed by atoms with van der Waals surface area (Å²) in [5, 5.41) is 0. The van der Waals surface area contributed by atoms with Gasteiger partial charge >= 0.3 is 5.71 Å². The first-order valence-electron chi connectivity index (χ1n) is 7.12. The van der Waals surface area contributed by atoms with Crippen LogP contribution in [0, 0.1) is 0 Å². The van der Waals surface area contributed by atoms with Crippen molar-refractivity contribution in [2.24, 2.45) is 0 Å². The van der Waals surface area contributed by atoms with Crippen molar-refractivity contribution in [3.8, 4) is 0 Å². The first-order valence-corrected chi connectivity index (χ1v) is 7.12. The second-order valence-corrected chi connectivity index (χ2v) is 4.87. The van der Waals surface area contributed by atoms with Crippen LogP contribution in [0.4, 0.5) is 0 Å². The predicted molar refractivity (Wildman–Crippen MR) is 82.1 cm³/mol. The van der Waals surface area contributed by atoms with E-state index in [0.717, 1.165) is 18.9 Å². The van der Waals surface area contributed by atoms with Crippen LogP contribution >= 0.6 is 0 Å². The van der Waals surface area contributed by atoms with E-state index in [0.29, 0.717) is 17.7 Å². The normalized spacial score (nSPS) is 10.0. The van der Waals surface area contributed by atoms with Crippen LogP contribution in [0.5, 0.6) is 0 Å². The minimum Gasteiger partial charge on any atom is -0.453 e. The topological polar surface area (TPSA) is 83.7 Å². The van der Waals surface area contributed by atoms with E-state index in [-0.39, 0.29) is 16.9 Å². The predicted octanol–water partition coefficient (Wildman–Crippen LogP) is 2.88. The number of hydrogen-bond donors (Lipinski definition) is 0. The highest BCUT2D eigenvalue weighted by molar-refractivity contribution is 6.48. The van der Waals surface area contributed by atoms with Gasteiger partial charge in [0.1, 0.15) is 5.76 Å². The van der Waals surface area contributed by atoms with Crippen molar-refractivity contribution < 1.29 is 14.0 Å². The van der Waals surface area contributed by atoms with Crippen molar-refractivity contribution in [3.05, 3.63) is 75.3 Å². The zero-order valence-electron chi connectivity index (χ0n) is 12.3. The van der Waals surface area contributed by atoms with E-state index in [1.54, 1.807) is 30.3 Å². The lowest BCUT2D eigenvalue weighted by Crippen LogP contribution is -2.19. The van der Waals surface area contributed by atoms with E-state index in [1.165, 1.54) is 6.07 Å². The van der Waals surface area contributed by atoms with E-state index >= 15 is 0 Å². The molecule has 2 rings (SSSR count). The molecule has 5 nitrogen and oxygen atoms in total. The van der Waals surface area contributed by atoms with Gasteiger partial charge in [0.05, 0.1) is 0 Å². The molecule has 0 aliphatic rings. The standard InChI is InChI=1S/C17H16N2O3/c1-2-3-9-14-10-13(20)11-15(22-14)16(19-18)17(21)12-7-5-4-6-8-12/h4-8,10-11H,2-3,9H2,1H3. The zero-order chi connectivity index (χ0) is 15.9. The average molecular weight is 296 g/mol. The van der Waals surface area contributed by atoms with Gasteiger partial charge < -0.3 is 9.95 Å². The van der Waals surface area contributed by atoms with Crippen LogP contribution < -0.4 is 5.43 Å². The molecule has 2 aromatic rings. The number of aryl methyl sites for hydroxylation is 1. The maximum atomic E-state index is 12.4. The molecule has 0 unspecified atom stereocenters. The van der Waals surface area contributed by atoms with Gasteiger partial charge in [-0.05, 0) is 6.42 Å². The summed E-state index contributed by atoms with van der Waals surface area (Å²) in [6.07, 6.45) is 2.42. The lowest BCUT2D eigenvalue weighted by atomic mass is 10.0. The van der Waals surface area contributed by atoms with Gasteiger partial charge in [-0.15, -0.1) is 0 Å². The third-order valence-electron chi connectivity index (χ3n) is 3.18. The van der Waals surface area contributed by atoms with Gasteiger partial charge in [0.15, 0.2) is 5.43 Å². The summed E-state index contributed by atoms with van der Waals surface area (Å²) in [6, 6.07) is 10.9. The Balaban J connectivity index is 2.40. The van der Waals surface area contributed by atoms with E-state index in [2.05, 4.69) is 4.79 Å². The summed E-state index contributed by atoms with van der Waals surface area (Å²) in [7, 11) is 0. The molecule has 0 fully saturated rings. The molecule has 5 heteroatoms. The Hall–Kier alpha value is -2.78. The lowest BCUT2D eigenvalue weighted by Gasteiger charge is -2.01. The quantitative estimate of drug-likeness (QED) is 0.355. The monoisotopic (exact) mass is 296 g/mol. The van der Waals surface area contributed by atoms with Crippen LogP contribution in [0.15, 0.2) is 51.7 Å². The molecule has 1 aromatic heterocycles. The molecule has 112 valence electrons. The fourth-order valence-corrected chi connectivity index (χ4v) is 2.05. The average Bonchev–Trinajstić information content (AvgIpc) is 2.54. The van der Waals surface area contributed by atoms with Crippen LogP contribution in [0.1, 0.15) is 41.6 Å². The third-order valence-corrected chi connectivity index (χ3v) is 3.18. The number of hydrogen-bond acceptors (Lipinski definition) is 3. The van der Waals surface area contributed by atoms with Gasteiger partial charge in [-0.2, -0.15) is 4.79 Å². The van der Waals surface area contributed by atoms with Crippen LogP contribution in [0.3, 0.4) is 0 Å². The molecule has 0 amide bonds. The molecule has 0 aliphatic heterocycles. The van der Waals surface area contributed by atoms with Gasteiger partial charge in [-0.1, -0.05) is 43.7 Å². The number of benzene rings is 1. The number of carbonyl (C=O) groups is 1. The van der Waals surface area contributed by atoms with Crippen molar-refractivity contribution >= 4 is 11.5 Å². The largest absolute Gasteiger partial charge is 0.453 e. The Labute approximate surface area is 127 Å². The molecule has 0 saturated carbocycles. The molecule has 0 bridgehead atoms. The van der Waals surface area contributed by atoms with Gasteiger partial charge in [0.25, 0.3) is 5.78 Å². The minimum absolute atomic E-state index is 0.0186. The first kappa shape index (κ1) is 15.6. The van der Waals surface area contributed by atoms with Crippen molar-refractivity contribution in [1.29, 1.82) is 0 Å². The van der Waals surface area contributed by atoms with Crippen molar-refractivity contribution in [3.63, 3.8) is 0 Å².